The molecular weight excluding hydrogens is 256 g/mol. The zero-order chi connectivity index (χ0) is 14.5. The fourth-order valence-electron chi connectivity index (χ4n) is 2.15. The highest BCUT2D eigenvalue weighted by Gasteiger charge is 2.12. The number of hydrogen-bond acceptors (Lipinski definition) is 6. The number of fused-ring (bicyclic) bond motifs is 1. The molecule has 20 heavy (non-hydrogen) atoms. The van der Waals surface area contributed by atoms with Crippen LogP contribution in [-0.4, -0.2) is 49.5 Å². The van der Waals surface area contributed by atoms with Crippen LogP contribution in [0.15, 0.2) is 6.20 Å². The van der Waals surface area contributed by atoms with E-state index in [2.05, 4.69) is 26.9 Å². The van der Waals surface area contributed by atoms with Gasteiger partial charge in [-0.15, -0.1) is 0 Å². The van der Waals surface area contributed by atoms with Gasteiger partial charge in [-0.05, 0) is 13.0 Å². The average Bonchev–Trinajstić information content (AvgIpc) is 2.79. The second-order valence-electron chi connectivity index (χ2n) is 4.88. The molecule has 0 aliphatic rings. The molecule has 7 heteroatoms. The third kappa shape index (κ3) is 3.23. The van der Waals surface area contributed by atoms with Gasteiger partial charge < -0.3 is 10.8 Å². The highest BCUT2D eigenvalue weighted by Crippen LogP contribution is 2.17. The van der Waals surface area contributed by atoms with E-state index in [0.29, 0.717) is 24.7 Å². The Hall–Kier alpha value is -1.73. The van der Waals surface area contributed by atoms with Crippen molar-refractivity contribution in [2.75, 3.05) is 25.4 Å². The maximum absolute atomic E-state index is 9.13. The molecule has 0 bridgehead atoms. The van der Waals surface area contributed by atoms with E-state index in [1.807, 2.05) is 7.05 Å². The average molecular weight is 278 g/mol. The summed E-state index contributed by atoms with van der Waals surface area (Å²) in [6.07, 6.45) is 3.88. The van der Waals surface area contributed by atoms with Gasteiger partial charge >= 0.3 is 0 Å². The van der Waals surface area contributed by atoms with Crippen LogP contribution in [0.4, 0.5) is 5.82 Å². The Morgan fingerprint density at radius 3 is 2.85 bits per heavy atom. The van der Waals surface area contributed by atoms with Crippen LogP contribution in [0.2, 0.25) is 0 Å². The zero-order valence-corrected chi connectivity index (χ0v) is 12.1. The van der Waals surface area contributed by atoms with Gasteiger partial charge in [-0.2, -0.15) is 5.10 Å². The minimum Gasteiger partial charge on any atom is -0.395 e. The number of aryl methyl sites for hydroxylation is 1. The number of hydrogen-bond donors (Lipinski definition) is 2. The molecule has 0 unspecified atom stereocenters. The fraction of sp³-hybridized carbons (Fsp3) is 0.615. The summed E-state index contributed by atoms with van der Waals surface area (Å²) >= 11 is 0. The van der Waals surface area contributed by atoms with E-state index in [9.17, 15) is 0 Å². The van der Waals surface area contributed by atoms with Gasteiger partial charge in [-0.25, -0.2) is 9.97 Å². The fourth-order valence-corrected chi connectivity index (χ4v) is 2.15. The molecule has 2 aromatic rings. The lowest BCUT2D eigenvalue weighted by Gasteiger charge is -2.20. The third-order valence-electron chi connectivity index (χ3n) is 3.28. The topological polar surface area (TPSA) is 93.1 Å². The van der Waals surface area contributed by atoms with Crippen molar-refractivity contribution in [3.8, 4) is 0 Å². The van der Waals surface area contributed by atoms with Crippen molar-refractivity contribution in [1.29, 1.82) is 0 Å². The summed E-state index contributed by atoms with van der Waals surface area (Å²) in [4.78, 5) is 11.0. The molecule has 0 saturated carbocycles. The zero-order valence-electron chi connectivity index (χ0n) is 12.1. The first kappa shape index (κ1) is 14.7. The summed E-state index contributed by atoms with van der Waals surface area (Å²) in [7, 11) is 1.83. The predicted octanol–water partition coefficient (Wildman–Crippen LogP) is 0.540. The van der Waals surface area contributed by atoms with Gasteiger partial charge in [-0.1, -0.05) is 13.3 Å². The SMILES string of the molecule is CCCCN(CCO)Cc1nc(N)c2cnn(C)c2n1. The Bertz CT molecular complexity index is 567. The van der Waals surface area contributed by atoms with E-state index in [-0.39, 0.29) is 6.61 Å². The van der Waals surface area contributed by atoms with Crippen LogP contribution in [0, 0.1) is 0 Å². The molecule has 2 aromatic heterocycles. The highest BCUT2D eigenvalue weighted by molar-refractivity contribution is 5.84. The van der Waals surface area contributed by atoms with Crippen molar-refractivity contribution in [2.24, 2.45) is 7.05 Å². The quantitative estimate of drug-likeness (QED) is 0.768. The summed E-state index contributed by atoms with van der Waals surface area (Å²) in [5, 5.41) is 14.0. The van der Waals surface area contributed by atoms with Gasteiger partial charge in [0.2, 0.25) is 0 Å². The van der Waals surface area contributed by atoms with Crippen molar-refractivity contribution in [2.45, 2.75) is 26.3 Å². The van der Waals surface area contributed by atoms with Crippen molar-refractivity contribution < 1.29 is 5.11 Å². The number of aliphatic hydroxyl groups is 1. The van der Waals surface area contributed by atoms with Gasteiger partial charge in [0.25, 0.3) is 0 Å². The van der Waals surface area contributed by atoms with Gasteiger partial charge in [0.15, 0.2) is 5.65 Å². The van der Waals surface area contributed by atoms with E-state index in [1.165, 1.54) is 0 Å². The summed E-state index contributed by atoms with van der Waals surface area (Å²) in [5.41, 5.74) is 6.69. The summed E-state index contributed by atoms with van der Waals surface area (Å²) in [5.74, 6) is 1.13. The molecule has 0 aliphatic carbocycles. The molecule has 0 spiro atoms. The summed E-state index contributed by atoms with van der Waals surface area (Å²) < 4.78 is 1.69. The van der Waals surface area contributed by atoms with E-state index in [1.54, 1.807) is 10.9 Å². The number of nitrogens with zero attached hydrogens (tertiary/aromatic N) is 5. The number of unbranched alkanes of at least 4 members (excludes halogenated alkanes) is 1. The second-order valence-corrected chi connectivity index (χ2v) is 4.88. The predicted molar refractivity (Wildman–Crippen MR) is 78.0 cm³/mol. The largest absolute Gasteiger partial charge is 0.395 e. The van der Waals surface area contributed by atoms with Crippen molar-refractivity contribution in [1.82, 2.24) is 24.6 Å². The molecule has 0 aliphatic heterocycles. The van der Waals surface area contributed by atoms with Crippen LogP contribution in [-0.2, 0) is 13.6 Å². The second kappa shape index (κ2) is 6.62. The van der Waals surface area contributed by atoms with E-state index >= 15 is 0 Å². The van der Waals surface area contributed by atoms with Gasteiger partial charge in [0, 0.05) is 13.6 Å². The van der Waals surface area contributed by atoms with Gasteiger partial charge in [0.05, 0.1) is 24.7 Å². The van der Waals surface area contributed by atoms with Crippen LogP contribution >= 0.6 is 0 Å². The molecule has 7 nitrogen and oxygen atoms in total. The van der Waals surface area contributed by atoms with E-state index in [4.69, 9.17) is 10.8 Å². The lowest BCUT2D eigenvalue weighted by molar-refractivity contribution is 0.185. The minimum atomic E-state index is 0.132. The minimum absolute atomic E-state index is 0.132. The lowest BCUT2D eigenvalue weighted by Crippen LogP contribution is -2.28. The summed E-state index contributed by atoms with van der Waals surface area (Å²) in [6, 6.07) is 0. The first-order valence-corrected chi connectivity index (χ1v) is 6.93. The van der Waals surface area contributed by atoms with Crippen LogP contribution in [0.3, 0.4) is 0 Å². The number of aliphatic hydroxyl groups excluding tert-OH is 1. The molecule has 3 N–H and O–H groups in total. The summed E-state index contributed by atoms with van der Waals surface area (Å²) in [6.45, 7) is 4.41. The Labute approximate surface area is 118 Å². The van der Waals surface area contributed by atoms with Crippen molar-refractivity contribution in [3.05, 3.63) is 12.0 Å². The Morgan fingerprint density at radius 2 is 2.15 bits per heavy atom. The molecule has 2 rings (SSSR count). The number of nitrogen functional groups attached to an aromatic ring is 1. The smallest absolute Gasteiger partial charge is 0.163 e. The van der Waals surface area contributed by atoms with E-state index < -0.39 is 0 Å². The Kier molecular flexibility index (Phi) is 4.86. The maximum Gasteiger partial charge on any atom is 0.163 e. The Balaban J connectivity index is 2.20. The molecule has 110 valence electrons. The lowest BCUT2D eigenvalue weighted by atomic mass is 10.3. The first-order chi connectivity index (χ1) is 9.65. The van der Waals surface area contributed by atoms with E-state index in [0.717, 1.165) is 30.4 Å². The molecule has 0 saturated heterocycles. The molecule has 0 amide bonds. The maximum atomic E-state index is 9.13. The van der Waals surface area contributed by atoms with Crippen LogP contribution < -0.4 is 5.73 Å². The number of rotatable bonds is 7. The van der Waals surface area contributed by atoms with Crippen LogP contribution in [0.25, 0.3) is 11.0 Å². The molecule has 0 atom stereocenters. The standard InChI is InChI=1S/C13H22N6O/c1-3-4-5-19(6-7-20)9-11-16-12(14)10-8-15-18(2)13(10)17-11/h8,20H,3-7,9H2,1-2H3,(H2,14,16,17). The normalized spacial score (nSPS) is 11.6. The molecule has 0 aromatic carbocycles. The number of anilines is 1. The first-order valence-electron chi connectivity index (χ1n) is 6.93. The van der Waals surface area contributed by atoms with Gasteiger partial charge in [0.1, 0.15) is 11.6 Å². The van der Waals surface area contributed by atoms with Crippen molar-refractivity contribution in [3.63, 3.8) is 0 Å². The van der Waals surface area contributed by atoms with Crippen LogP contribution in [0.1, 0.15) is 25.6 Å². The number of nitrogens with two attached hydrogens (primary N) is 1. The highest BCUT2D eigenvalue weighted by atomic mass is 16.3. The van der Waals surface area contributed by atoms with Gasteiger partial charge in [-0.3, -0.25) is 9.58 Å². The molecule has 0 radical (unpaired) electrons. The monoisotopic (exact) mass is 278 g/mol. The van der Waals surface area contributed by atoms with Crippen molar-refractivity contribution >= 4 is 16.9 Å². The Morgan fingerprint density at radius 1 is 1.35 bits per heavy atom. The molecule has 0 fully saturated rings. The number of aromatic nitrogens is 4. The molecular formula is C13H22N6O. The van der Waals surface area contributed by atoms with Crippen LogP contribution in [0.5, 0.6) is 0 Å². The molecule has 2 heterocycles. The third-order valence-corrected chi connectivity index (χ3v) is 3.28.